The number of para-hydroxylation sites is 1. The number of hydrogen-bond acceptors (Lipinski definition) is 9. The fraction of sp³-hybridized carbons (Fsp3) is 0.257. The number of benzene rings is 3. The summed E-state index contributed by atoms with van der Waals surface area (Å²) in [7, 11) is -3.37. The number of ketones is 1. The summed E-state index contributed by atoms with van der Waals surface area (Å²) in [5.74, 6) is -0.497. The number of rotatable bonds is 9. The standard InChI is InChI=1S/C35H36N6O5.2Na.HO3P/c1-3-16-39-22-32(44)40-30(17-24-12-14-27(43)15-13-24)34(45)38(20-26-10-7-11-28-29(23(2)42)19-36-33(26)28)21-31(40)41(39)35(46)37-18-25-8-5-4-6-9-25;;;1-4(2)3/h3-15,19,30-31,36,43H,1,16-18,20-22H2,2H3,(H,37,46);;;(H,1,2,3)/q;2*+1;/p-1/t30-,31-;;;/m0.../s1. The fourth-order valence-corrected chi connectivity index (χ4v) is 6.40. The minimum Gasteiger partial charge on any atom is -0.598 e. The summed E-state index contributed by atoms with van der Waals surface area (Å²) < 4.78 is 8.48. The predicted molar refractivity (Wildman–Crippen MR) is 180 cm³/mol. The Hall–Kier alpha value is -3.40. The molecule has 2 aliphatic rings. The van der Waals surface area contributed by atoms with Gasteiger partial charge >= 0.3 is 65.1 Å². The van der Waals surface area contributed by atoms with Crippen LogP contribution in [0.2, 0.25) is 0 Å². The Morgan fingerprint density at radius 2 is 1.69 bits per heavy atom. The van der Waals surface area contributed by atoms with Crippen LogP contribution in [-0.4, -0.2) is 85.4 Å². The van der Waals surface area contributed by atoms with Crippen LogP contribution in [-0.2, 0) is 33.7 Å². The number of nitrogens with zero attached hydrogens (tertiary/aromatic N) is 4. The fourth-order valence-electron chi connectivity index (χ4n) is 6.40. The van der Waals surface area contributed by atoms with E-state index in [1.165, 1.54) is 11.8 Å². The molecule has 52 heavy (non-hydrogen) atoms. The van der Waals surface area contributed by atoms with Gasteiger partial charge in [0.25, 0.3) is 8.25 Å². The van der Waals surface area contributed by atoms with Crippen LogP contribution < -0.4 is 74.2 Å². The number of amides is 4. The van der Waals surface area contributed by atoms with Gasteiger partial charge in [-0.1, -0.05) is 71.3 Å². The van der Waals surface area contributed by atoms with Gasteiger partial charge in [-0.15, -0.1) is 6.58 Å². The number of Topliss-reactive ketones (excluding diaryl/α,β-unsaturated/α-hetero) is 1. The Morgan fingerprint density at radius 1 is 1.02 bits per heavy atom. The van der Waals surface area contributed by atoms with Crippen molar-refractivity contribution in [3.8, 4) is 5.75 Å². The second kappa shape index (κ2) is 19.6. The van der Waals surface area contributed by atoms with Crippen molar-refractivity contribution < 1.29 is 97.8 Å². The second-order valence-corrected chi connectivity index (χ2v) is 12.3. The normalized spacial score (nSPS) is 16.9. The van der Waals surface area contributed by atoms with Crippen LogP contribution in [0.3, 0.4) is 0 Å². The molecule has 3 heterocycles. The van der Waals surface area contributed by atoms with Gasteiger partial charge in [0.15, 0.2) is 5.78 Å². The molecule has 2 aliphatic heterocycles. The number of urea groups is 1. The molecule has 0 unspecified atom stereocenters. The van der Waals surface area contributed by atoms with Crippen molar-refractivity contribution in [1.82, 2.24) is 30.1 Å². The summed E-state index contributed by atoms with van der Waals surface area (Å²) in [5, 5.41) is 16.8. The van der Waals surface area contributed by atoms with E-state index in [0.29, 0.717) is 5.56 Å². The number of aromatic nitrogens is 1. The van der Waals surface area contributed by atoms with E-state index in [4.69, 9.17) is 14.4 Å². The van der Waals surface area contributed by atoms with E-state index in [2.05, 4.69) is 16.9 Å². The SMILES string of the molecule is C=CCN1CC(=O)N2[C@@H](Cc3ccc(O)cc3)C(=O)N(Cc3cccc4c(C(C)=O)c[nH]c34)C[C@@H]2N1C(=O)NCc1ccccc1.O=[P+]([O-])[O-].[Na+].[Na+]. The van der Waals surface area contributed by atoms with Crippen molar-refractivity contribution in [1.29, 1.82) is 0 Å². The quantitative estimate of drug-likeness (QED) is 0.0667. The monoisotopic (exact) mass is 745 g/mol. The van der Waals surface area contributed by atoms with Crippen LogP contribution in [0.5, 0.6) is 5.75 Å². The number of aromatic hydroxyl groups is 1. The van der Waals surface area contributed by atoms with Gasteiger partial charge in [-0.3, -0.25) is 14.4 Å². The van der Waals surface area contributed by atoms with E-state index >= 15 is 0 Å². The molecule has 2 atom stereocenters. The number of hydrazine groups is 1. The number of nitrogens with one attached hydrogen (secondary N) is 2. The molecule has 4 amide bonds. The van der Waals surface area contributed by atoms with Crippen molar-refractivity contribution in [3.63, 3.8) is 0 Å². The molecule has 3 aromatic carbocycles. The Morgan fingerprint density at radius 3 is 2.33 bits per heavy atom. The molecule has 6 rings (SSSR count). The van der Waals surface area contributed by atoms with Gasteiger partial charge in [-0.2, -0.15) is 0 Å². The zero-order valence-electron chi connectivity index (χ0n) is 29.2. The molecule has 17 heteroatoms. The van der Waals surface area contributed by atoms with Gasteiger partial charge in [0, 0.05) is 43.2 Å². The van der Waals surface area contributed by atoms with Crippen LogP contribution in [0.15, 0.2) is 91.6 Å². The van der Waals surface area contributed by atoms with E-state index in [-0.39, 0.29) is 122 Å². The molecule has 14 nitrogen and oxygen atoms in total. The molecular formula is C35H36N6Na2O8P+. The first kappa shape index (κ1) is 43.0. The van der Waals surface area contributed by atoms with E-state index < -0.39 is 26.5 Å². The summed E-state index contributed by atoms with van der Waals surface area (Å²) in [6.45, 7) is 6.05. The number of piperazine rings is 1. The summed E-state index contributed by atoms with van der Waals surface area (Å²) >= 11 is 0. The number of phenols is 1. The molecule has 0 spiro atoms. The van der Waals surface area contributed by atoms with Crippen molar-refractivity contribution in [3.05, 3.63) is 114 Å². The first-order chi connectivity index (χ1) is 24.0. The first-order valence-corrected chi connectivity index (χ1v) is 16.8. The van der Waals surface area contributed by atoms with Crippen LogP contribution in [0.25, 0.3) is 10.9 Å². The molecule has 2 saturated heterocycles. The summed E-state index contributed by atoms with van der Waals surface area (Å²) in [6, 6.07) is 20.4. The first-order valence-electron chi connectivity index (χ1n) is 15.7. The van der Waals surface area contributed by atoms with Gasteiger partial charge in [0.2, 0.25) is 11.8 Å². The molecule has 1 aromatic heterocycles. The molecule has 2 fully saturated rings. The Bertz CT molecular complexity index is 1910. The Balaban J connectivity index is 0.00000116. The summed E-state index contributed by atoms with van der Waals surface area (Å²) in [6.07, 6.45) is 2.71. The smallest absolute Gasteiger partial charge is 0.598 e. The second-order valence-electron chi connectivity index (χ2n) is 11.8. The number of phenolic OH excluding ortho intramolecular Hbond substituents is 1. The Labute approximate surface area is 346 Å². The van der Waals surface area contributed by atoms with Crippen LogP contribution in [0.4, 0.5) is 4.79 Å². The third-order valence-corrected chi connectivity index (χ3v) is 8.57. The maximum atomic E-state index is 14.3. The third kappa shape index (κ3) is 10.2. The van der Waals surface area contributed by atoms with Gasteiger partial charge in [0.1, 0.15) is 18.0 Å². The van der Waals surface area contributed by atoms with Crippen molar-refractivity contribution in [2.45, 2.75) is 38.6 Å². The third-order valence-electron chi connectivity index (χ3n) is 8.57. The molecule has 260 valence electrons. The van der Waals surface area contributed by atoms with Crippen LogP contribution in [0.1, 0.15) is 34.0 Å². The molecule has 4 aromatic rings. The zero-order valence-corrected chi connectivity index (χ0v) is 34.1. The van der Waals surface area contributed by atoms with Crippen molar-refractivity contribution >= 4 is 42.8 Å². The van der Waals surface area contributed by atoms with E-state index in [1.807, 2.05) is 48.5 Å². The van der Waals surface area contributed by atoms with Gasteiger partial charge in [-0.05, 0) is 35.7 Å². The summed E-state index contributed by atoms with van der Waals surface area (Å²) in [5.41, 5.74) is 3.81. The van der Waals surface area contributed by atoms with Crippen LogP contribution in [0, 0.1) is 0 Å². The number of H-pyrrole nitrogens is 1. The van der Waals surface area contributed by atoms with E-state index in [0.717, 1.165) is 27.6 Å². The number of carbonyl (C=O) groups excluding carboxylic acids is 4. The van der Waals surface area contributed by atoms with Gasteiger partial charge in [-0.25, -0.2) is 14.8 Å². The van der Waals surface area contributed by atoms with Crippen molar-refractivity contribution in [2.24, 2.45) is 0 Å². The largest absolute Gasteiger partial charge is 1.00 e. The number of hydrogen-bond donors (Lipinski definition) is 3. The maximum absolute atomic E-state index is 14.3. The minimum absolute atomic E-state index is 0. The average Bonchev–Trinajstić information content (AvgIpc) is 3.53. The molecular weight excluding hydrogens is 709 g/mol. The summed E-state index contributed by atoms with van der Waals surface area (Å²) in [4.78, 5) is 77.7. The van der Waals surface area contributed by atoms with Gasteiger partial charge in [0.05, 0.1) is 18.6 Å². The molecule has 3 N–H and O–H groups in total. The predicted octanol–water partition coefficient (Wildman–Crippen LogP) is -3.81. The zero-order chi connectivity index (χ0) is 35.9. The maximum Gasteiger partial charge on any atom is 1.00 e. The van der Waals surface area contributed by atoms with Crippen LogP contribution >= 0.6 is 8.25 Å². The van der Waals surface area contributed by atoms with Gasteiger partial charge < -0.3 is 35.0 Å². The van der Waals surface area contributed by atoms with E-state index in [9.17, 15) is 24.3 Å². The molecule has 0 radical (unpaired) electrons. The number of fused-ring (bicyclic) bond motifs is 2. The van der Waals surface area contributed by atoms with Crippen molar-refractivity contribution in [2.75, 3.05) is 19.6 Å². The molecule has 0 aliphatic carbocycles. The topological polar surface area (TPSA) is 192 Å². The molecule has 0 saturated carbocycles. The minimum atomic E-state index is -3.37. The van der Waals surface area contributed by atoms with E-state index in [1.54, 1.807) is 51.5 Å². The molecule has 0 bridgehead atoms. The average molecular weight is 746 g/mol. The number of carbonyl (C=O) groups is 4. The number of aromatic amines is 1. The Kier molecular flexibility index (Phi) is 16.2.